The summed E-state index contributed by atoms with van der Waals surface area (Å²) in [6.45, 7) is 0. The van der Waals surface area contributed by atoms with Crippen LogP contribution in [-0.4, -0.2) is 22.2 Å². The Bertz CT molecular complexity index is 1370. The van der Waals surface area contributed by atoms with E-state index in [1.54, 1.807) is 66.9 Å². The number of halogens is 2. The van der Waals surface area contributed by atoms with Crippen molar-refractivity contribution in [3.05, 3.63) is 94.8 Å². The molecule has 1 amide bonds. The molecule has 0 spiro atoms. The van der Waals surface area contributed by atoms with Crippen LogP contribution in [0.15, 0.2) is 78.0 Å². The summed E-state index contributed by atoms with van der Waals surface area (Å²) in [5.41, 5.74) is 1.51. The van der Waals surface area contributed by atoms with E-state index in [0.717, 1.165) is 0 Å². The lowest BCUT2D eigenvalue weighted by Gasteiger charge is -2.34. The van der Waals surface area contributed by atoms with Crippen LogP contribution in [-0.2, 0) is 0 Å². The van der Waals surface area contributed by atoms with Crippen molar-refractivity contribution in [2.75, 3.05) is 11.2 Å². The number of amides is 1. The topological polar surface area (TPSA) is 73.0 Å². The van der Waals surface area contributed by atoms with Gasteiger partial charge in [0, 0.05) is 10.7 Å². The van der Waals surface area contributed by atoms with Crippen LogP contribution in [0, 0.1) is 5.82 Å². The highest BCUT2D eigenvalue weighted by Gasteiger charge is 2.47. The Balaban J connectivity index is 1.88. The molecule has 33 heavy (non-hydrogen) atoms. The summed E-state index contributed by atoms with van der Waals surface area (Å²) in [4.78, 5) is 19.3. The molecule has 0 bridgehead atoms. The maximum Gasteiger partial charge on any atom is 0.297 e. The van der Waals surface area contributed by atoms with E-state index in [0.29, 0.717) is 16.8 Å². The van der Waals surface area contributed by atoms with E-state index in [9.17, 15) is 9.90 Å². The van der Waals surface area contributed by atoms with Gasteiger partial charge in [0.15, 0.2) is 0 Å². The number of hydrogen-bond donors (Lipinski definition) is 0. The molecule has 1 unspecified atom stereocenters. The summed E-state index contributed by atoms with van der Waals surface area (Å²) in [6.07, 6.45) is 0.592. The molecular weight excluding hydrogens is 463 g/mol. The quantitative estimate of drug-likeness (QED) is 0.325. The number of para-hydroxylation sites is 1. The number of carbonyl (C=O) groups excluding carboxylic acids is 1. The molecule has 0 N–H and O–H groups in total. The van der Waals surface area contributed by atoms with Crippen LogP contribution in [0.2, 0.25) is 5.02 Å². The minimum atomic E-state index is -1.14. The van der Waals surface area contributed by atoms with Gasteiger partial charge in [-0.3, -0.25) is 4.79 Å². The first-order valence-corrected chi connectivity index (χ1v) is 11.6. The van der Waals surface area contributed by atoms with E-state index in [1.807, 2.05) is 0 Å². The molecule has 0 saturated heterocycles. The summed E-state index contributed by atoms with van der Waals surface area (Å²) in [5.74, 6) is -1.53. The first kappa shape index (κ1) is 21.4. The third kappa shape index (κ3) is 3.51. The fourth-order valence-corrected chi connectivity index (χ4v) is 4.58. The largest absolute Gasteiger partial charge is 0.854 e. The molecule has 6 nitrogen and oxygen atoms in total. The van der Waals surface area contributed by atoms with Crippen molar-refractivity contribution in [3.8, 4) is 17.1 Å². The number of aromatic nitrogens is 3. The molecule has 0 fully saturated rings. The third-order valence-electron chi connectivity index (χ3n) is 5.40. The monoisotopic (exact) mass is 478 g/mol. The van der Waals surface area contributed by atoms with Gasteiger partial charge in [0.1, 0.15) is 5.82 Å². The van der Waals surface area contributed by atoms with E-state index >= 15 is 4.39 Å². The normalized spacial score (nSPS) is 14.5. The predicted octanol–water partition coefficient (Wildman–Crippen LogP) is 4.23. The Labute approximate surface area is 198 Å². The van der Waals surface area contributed by atoms with Crippen molar-refractivity contribution in [1.82, 2.24) is 10.1 Å². The summed E-state index contributed by atoms with van der Waals surface area (Å²) in [6, 6.07) is 19.9. The number of fused-ring (bicyclic) bond motifs is 3. The van der Waals surface area contributed by atoms with Gasteiger partial charge < -0.3 is 5.11 Å². The molecule has 2 heterocycles. The fraction of sp³-hybridized carbons (Fsp3) is 0.0833. The second kappa shape index (κ2) is 8.46. The van der Waals surface area contributed by atoms with E-state index in [2.05, 4.69) is 10.1 Å². The van der Waals surface area contributed by atoms with Crippen molar-refractivity contribution in [2.45, 2.75) is 11.3 Å². The van der Waals surface area contributed by atoms with Crippen LogP contribution in [0.25, 0.3) is 11.3 Å². The zero-order valence-corrected chi connectivity index (χ0v) is 18.8. The molecular formula is C24H16ClFN4O2S. The molecule has 1 aliphatic rings. The number of rotatable bonds is 3. The van der Waals surface area contributed by atoms with Crippen LogP contribution < -0.4 is 14.7 Å². The Morgan fingerprint density at radius 2 is 1.82 bits per heavy atom. The standard InChI is InChI=1S/C24H16ClFN4O2S/c1-33-24-27-21(31)20-15-10-5-6-13-18(15)29(23(32)14-8-3-2-4-9-14)22(30(20)28-24)19-16(25)11-7-12-17(19)26/h2-13,22H,1H3. The van der Waals surface area contributed by atoms with Gasteiger partial charge in [-0.1, -0.05) is 64.4 Å². The SMILES string of the molecule is CSc1nc([O-])c2[n+](n1)C(c1c(F)cccc1Cl)N(C(=O)c1ccccc1)c1ccccc1-2. The first-order chi connectivity index (χ1) is 16.0. The van der Waals surface area contributed by atoms with Crippen LogP contribution in [0.1, 0.15) is 22.1 Å². The number of nitrogens with zero attached hydrogens (tertiary/aromatic N) is 4. The lowest BCUT2D eigenvalue weighted by atomic mass is 9.99. The van der Waals surface area contributed by atoms with Crippen molar-refractivity contribution < 1.29 is 19.0 Å². The molecule has 5 rings (SSSR count). The Morgan fingerprint density at radius 3 is 2.55 bits per heavy atom. The Hall–Kier alpha value is -3.49. The maximum absolute atomic E-state index is 15.3. The molecule has 164 valence electrons. The number of benzene rings is 3. The van der Waals surface area contributed by atoms with Gasteiger partial charge in [0.05, 0.1) is 27.7 Å². The molecule has 3 aromatic carbocycles. The Kier molecular flexibility index (Phi) is 5.47. The first-order valence-electron chi connectivity index (χ1n) is 9.98. The van der Waals surface area contributed by atoms with Crippen LogP contribution >= 0.6 is 23.4 Å². The van der Waals surface area contributed by atoms with Gasteiger partial charge in [0.2, 0.25) is 0 Å². The molecule has 9 heteroatoms. The van der Waals surface area contributed by atoms with Gasteiger partial charge in [0.25, 0.3) is 22.9 Å². The maximum atomic E-state index is 15.3. The van der Waals surface area contributed by atoms with Crippen LogP contribution in [0.4, 0.5) is 10.1 Å². The van der Waals surface area contributed by atoms with Crippen molar-refractivity contribution in [1.29, 1.82) is 0 Å². The molecule has 0 saturated carbocycles. The molecule has 0 aliphatic carbocycles. The summed E-state index contributed by atoms with van der Waals surface area (Å²) >= 11 is 7.64. The van der Waals surface area contributed by atoms with Crippen molar-refractivity contribution >= 4 is 35.0 Å². The van der Waals surface area contributed by atoms with Crippen molar-refractivity contribution in [2.24, 2.45) is 0 Å². The minimum absolute atomic E-state index is 0.0364. The number of hydrogen-bond acceptors (Lipinski definition) is 5. The van der Waals surface area contributed by atoms with E-state index in [1.165, 1.54) is 33.5 Å². The zero-order valence-electron chi connectivity index (χ0n) is 17.3. The number of anilines is 1. The van der Waals surface area contributed by atoms with Gasteiger partial charge in [-0.25, -0.2) is 14.3 Å². The average Bonchev–Trinajstić information content (AvgIpc) is 2.83. The Morgan fingerprint density at radius 1 is 1.09 bits per heavy atom. The van der Waals surface area contributed by atoms with Crippen LogP contribution in [0.5, 0.6) is 5.88 Å². The fourth-order valence-electron chi connectivity index (χ4n) is 3.98. The minimum Gasteiger partial charge on any atom is -0.854 e. The average molecular weight is 479 g/mol. The molecule has 1 aliphatic heterocycles. The zero-order chi connectivity index (χ0) is 23.1. The highest BCUT2D eigenvalue weighted by atomic mass is 35.5. The number of carbonyl (C=O) groups is 1. The van der Waals surface area contributed by atoms with Gasteiger partial charge in [-0.2, -0.15) is 0 Å². The van der Waals surface area contributed by atoms with Crippen molar-refractivity contribution in [3.63, 3.8) is 0 Å². The molecule has 1 aromatic heterocycles. The molecule has 0 radical (unpaired) electrons. The highest BCUT2D eigenvalue weighted by molar-refractivity contribution is 7.98. The summed E-state index contributed by atoms with van der Waals surface area (Å²) in [7, 11) is 0. The smallest absolute Gasteiger partial charge is 0.297 e. The summed E-state index contributed by atoms with van der Waals surface area (Å²) < 4.78 is 16.6. The second-order valence-corrected chi connectivity index (χ2v) is 8.44. The van der Waals surface area contributed by atoms with E-state index < -0.39 is 17.9 Å². The lowest BCUT2D eigenvalue weighted by molar-refractivity contribution is -0.764. The molecule has 4 aromatic rings. The van der Waals surface area contributed by atoms with Crippen LogP contribution in [0.3, 0.4) is 0 Å². The van der Waals surface area contributed by atoms with Gasteiger partial charge in [-0.15, -0.1) is 0 Å². The predicted molar refractivity (Wildman–Crippen MR) is 122 cm³/mol. The van der Waals surface area contributed by atoms with Gasteiger partial charge >= 0.3 is 0 Å². The highest BCUT2D eigenvalue weighted by Crippen LogP contribution is 2.43. The second-order valence-electron chi connectivity index (χ2n) is 7.26. The summed E-state index contributed by atoms with van der Waals surface area (Å²) in [5, 5.41) is 17.9. The third-order valence-corrected chi connectivity index (χ3v) is 6.26. The molecule has 1 atom stereocenters. The van der Waals surface area contributed by atoms with Gasteiger partial charge in [-0.05, 0) is 42.7 Å². The van der Waals surface area contributed by atoms with E-state index in [4.69, 9.17) is 11.6 Å². The van der Waals surface area contributed by atoms with E-state index in [-0.39, 0.29) is 27.3 Å². The lowest BCUT2D eigenvalue weighted by Crippen LogP contribution is -2.59. The number of thioether (sulfide) groups is 1.